The van der Waals surface area contributed by atoms with Crippen molar-refractivity contribution in [3.63, 3.8) is 0 Å². The molecule has 1 aromatic heterocycles. The minimum atomic E-state index is -0.0355. The van der Waals surface area contributed by atoms with Crippen LogP contribution >= 0.6 is 15.9 Å². The third-order valence-electron chi connectivity index (χ3n) is 2.86. The summed E-state index contributed by atoms with van der Waals surface area (Å²) in [5, 5.41) is 9.17. The minimum Gasteiger partial charge on any atom is -0.493 e. The third-order valence-corrected chi connectivity index (χ3v) is 3.45. The van der Waals surface area contributed by atoms with E-state index in [1.54, 1.807) is 25.6 Å². The number of hydrogen-bond acceptors (Lipinski definition) is 4. The van der Waals surface area contributed by atoms with Crippen molar-refractivity contribution in [3.05, 3.63) is 52.3 Å². The predicted molar refractivity (Wildman–Crippen MR) is 80.1 cm³/mol. The molecule has 1 heterocycles. The molecule has 0 atom stereocenters. The second kappa shape index (κ2) is 7.26. The van der Waals surface area contributed by atoms with Crippen LogP contribution in [0.3, 0.4) is 0 Å². The van der Waals surface area contributed by atoms with Crippen molar-refractivity contribution in [2.24, 2.45) is 0 Å². The fraction of sp³-hybridized carbons (Fsp3) is 0.267. The molecule has 0 saturated carbocycles. The van der Waals surface area contributed by atoms with Gasteiger partial charge in [-0.1, -0.05) is 0 Å². The Morgan fingerprint density at radius 2 is 1.95 bits per heavy atom. The van der Waals surface area contributed by atoms with E-state index in [1.165, 1.54) is 5.56 Å². The number of nitrogens with zero attached hydrogens (tertiary/aromatic N) is 1. The smallest absolute Gasteiger partial charge is 0.175 e. The summed E-state index contributed by atoms with van der Waals surface area (Å²) in [4.78, 5) is 3.98. The molecule has 0 aliphatic rings. The number of hydrogen-bond donors (Lipinski definition) is 1. The Labute approximate surface area is 126 Å². The first-order valence-corrected chi connectivity index (χ1v) is 7.03. The van der Waals surface area contributed by atoms with Gasteiger partial charge in [-0.3, -0.25) is 4.98 Å². The molecule has 2 rings (SSSR count). The lowest BCUT2D eigenvalue weighted by molar-refractivity contribution is 0.277. The number of benzene rings is 1. The number of aliphatic hydroxyl groups excluding tert-OH is 1. The highest BCUT2D eigenvalue weighted by atomic mass is 79.9. The molecule has 0 saturated heterocycles. The number of halogens is 1. The number of pyridine rings is 1. The van der Waals surface area contributed by atoms with Gasteiger partial charge in [0.25, 0.3) is 0 Å². The molecule has 0 amide bonds. The van der Waals surface area contributed by atoms with Crippen LogP contribution in [0.5, 0.6) is 11.5 Å². The molecule has 0 unspecified atom stereocenters. The van der Waals surface area contributed by atoms with Crippen LogP contribution in [0.2, 0.25) is 0 Å². The molecule has 4 nitrogen and oxygen atoms in total. The highest BCUT2D eigenvalue weighted by Gasteiger charge is 2.11. The van der Waals surface area contributed by atoms with E-state index in [4.69, 9.17) is 9.47 Å². The summed E-state index contributed by atoms with van der Waals surface area (Å²) < 4.78 is 11.9. The van der Waals surface area contributed by atoms with E-state index >= 15 is 0 Å². The van der Waals surface area contributed by atoms with Crippen LogP contribution < -0.4 is 9.47 Å². The average molecular weight is 338 g/mol. The number of ether oxygens (including phenoxy) is 2. The van der Waals surface area contributed by atoms with Gasteiger partial charge in [0.05, 0.1) is 24.8 Å². The highest BCUT2D eigenvalue weighted by molar-refractivity contribution is 9.10. The second-order valence-corrected chi connectivity index (χ2v) is 5.08. The largest absolute Gasteiger partial charge is 0.493 e. The fourth-order valence-electron chi connectivity index (χ4n) is 1.82. The predicted octanol–water partition coefficient (Wildman–Crippen LogP) is 2.97. The molecule has 0 bridgehead atoms. The first-order chi connectivity index (χ1) is 9.74. The molecule has 20 heavy (non-hydrogen) atoms. The van der Waals surface area contributed by atoms with Gasteiger partial charge < -0.3 is 14.6 Å². The SMILES string of the molecule is COc1cc(CO)cc(Br)c1OCCc1ccncc1. The Morgan fingerprint density at radius 3 is 2.60 bits per heavy atom. The highest BCUT2D eigenvalue weighted by Crippen LogP contribution is 2.36. The Bertz CT molecular complexity index is 561. The van der Waals surface area contributed by atoms with Gasteiger partial charge in [0.1, 0.15) is 0 Å². The van der Waals surface area contributed by atoms with Gasteiger partial charge >= 0.3 is 0 Å². The molecule has 2 aromatic rings. The maximum absolute atomic E-state index is 9.17. The van der Waals surface area contributed by atoms with Crippen molar-refractivity contribution in [1.82, 2.24) is 4.98 Å². The summed E-state index contributed by atoms with van der Waals surface area (Å²) in [5.41, 5.74) is 1.94. The zero-order valence-electron chi connectivity index (χ0n) is 11.2. The summed E-state index contributed by atoms with van der Waals surface area (Å²) in [6.45, 7) is 0.504. The molecule has 0 spiro atoms. The van der Waals surface area contributed by atoms with Crippen molar-refractivity contribution < 1.29 is 14.6 Å². The molecule has 5 heteroatoms. The summed E-state index contributed by atoms with van der Waals surface area (Å²) in [6.07, 6.45) is 4.32. The molecule has 0 fully saturated rings. The summed E-state index contributed by atoms with van der Waals surface area (Å²) in [7, 11) is 1.58. The number of methoxy groups -OCH3 is 1. The van der Waals surface area contributed by atoms with Gasteiger partial charge in [0.15, 0.2) is 11.5 Å². The van der Waals surface area contributed by atoms with Gasteiger partial charge in [0.2, 0.25) is 0 Å². The standard InChI is InChI=1S/C15H16BrNO3/c1-19-14-9-12(10-18)8-13(16)15(14)20-7-4-11-2-5-17-6-3-11/h2-3,5-6,8-9,18H,4,7,10H2,1H3. The Hall–Kier alpha value is -1.59. The number of aliphatic hydroxyl groups is 1. The van der Waals surface area contributed by atoms with Crippen molar-refractivity contribution in [1.29, 1.82) is 0 Å². The minimum absolute atomic E-state index is 0.0355. The van der Waals surface area contributed by atoms with E-state index in [9.17, 15) is 5.11 Å². The molecule has 106 valence electrons. The normalized spacial score (nSPS) is 10.3. The van der Waals surface area contributed by atoms with Gasteiger partial charge in [0, 0.05) is 18.8 Å². The van der Waals surface area contributed by atoms with Crippen molar-refractivity contribution >= 4 is 15.9 Å². The molecular formula is C15H16BrNO3. The van der Waals surface area contributed by atoms with Crippen molar-refractivity contribution in [2.45, 2.75) is 13.0 Å². The quantitative estimate of drug-likeness (QED) is 0.880. The van der Waals surface area contributed by atoms with Crippen LogP contribution in [0.15, 0.2) is 41.1 Å². The van der Waals surface area contributed by atoms with E-state index in [2.05, 4.69) is 20.9 Å². The fourth-order valence-corrected chi connectivity index (χ4v) is 2.43. The van der Waals surface area contributed by atoms with Crippen LogP contribution in [0.1, 0.15) is 11.1 Å². The lowest BCUT2D eigenvalue weighted by Crippen LogP contribution is -2.04. The van der Waals surface area contributed by atoms with Crippen LogP contribution in [-0.4, -0.2) is 23.8 Å². The second-order valence-electron chi connectivity index (χ2n) is 4.22. The number of rotatable bonds is 6. The molecule has 0 radical (unpaired) electrons. The van der Waals surface area contributed by atoms with Crippen LogP contribution in [0, 0.1) is 0 Å². The van der Waals surface area contributed by atoms with E-state index in [1.807, 2.05) is 18.2 Å². The molecular weight excluding hydrogens is 322 g/mol. The van der Waals surface area contributed by atoms with Crippen LogP contribution in [-0.2, 0) is 13.0 Å². The van der Waals surface area contributed by atoms with Gasteiger partial charge in [-0.2, -0.15) is 0 Å². The summed E-state index contributed by atoms with van der Waals surface area (Å²) in [6, 6.07) is 7.52. The maximum atomic E-state index is 9.17. The zero-order chi connectivity index (χ0) is 14.4. The third kappa shape index (κ3) is 3.71. The average Bonchev–Trinajstić information content (AvgIpc) is 2.49. The number of aromatic nitrogens is 1. The molecule has 1 aromatic carbocycles. The first-order valence-electron chi connectivity index (χ1n) is 6.23. The Kier molecular flexibility index (Phi) is 5.38. The van der Waals surface area contributed by atoms with E-state index in [-0.39, 0.29) is 6.61 Å². The maximum Gasteiger partial charge on any atom is 0.175 e. The van der Waals surface area contributed by atoms with Gasteiger partial charge in [-0.25, -0.2) is 0 Å². The topological polar surface area (TPSA) is 51.6 Å². The lowest BCUT2D eigenvalue weighted by atomic mass is 10.2. The van der Waals surface area contributed by atoms with Crippen LogP contribution in [0.4, 0.5) is 0 Å². The van der Waals surface area contributed by atoms with E-state index in [0.29, 0.717) is 18.1 Å². The first kappa shape index (κ1) is 14.8. The van der Waals surface area contributed by atoms with Gasteiger partial charge in [-0.05, 0) is 51.3 Å². The van der Waals surface area contributed by atoms with Crippen molar-refractivity contribution in [2.75, 3.05) is 13.7 Å². The summed E-state index contributed by atoms with van der Waals surface area (Å²) >= 11 is 3.44. The van der Waals surface area contributed by atoms with Gasteiger partial charge in [-0.15, -0.1) is 0 Å². The molecule has 1 N–H and O–H groups in total. The Morgan fingerprint density at radius 1 is 1.20 bits per heavy atom. The van der Waals surface area contributed by atoms with Crippen LogP contribution in [0.25, 0.3) is 0 Å². The lowest BCUT2D eigenvalue weighted by Gasteiger charge is -2.14. The van der Waals surface area contributed by atoms with Crippen molar-refractivity contribution in [3.8, 4) is 11.5 Å². The van der Waals surface area contributed by atoms with E-state index in [0.717, 1.165) is 16.5 Å². The molecule has 0 aliphatic heterocycles. The van der Waals surface area contributed by atoms with E-state index < -0.39 is 0 Å². The zero-order valence-corrected chi connectivity index (χ0v) is 12.8. The monoisotopic (exact) mass is 337 g/mol. The molecule has 0 aliphatic carbocycles. The Balaban J connectivity index is 2.05. The summed E-state index contributed by atoms with van der Waals surface area (Å²) in [5.74, 6) is 1.26.